The Balaban J connectivity index is 1.68. The Morgan fingerprint density at radius 3 is 2.33 bits per heavy atom. The van der Waals surface area contributed by atoms with Crippen molar-refractivity contribution in [3.63, 3.8) is 0 Å². The van der Waals surface area contributed by atoms with Crippen LogP contribution in [0.5, 0.6) is 0 Å². The van der Waals surface area contributed by atoms with Crippen molar-refractivity contribution in [2.75, 3.05) is 23.7 Å². The first-order valence-corrected chi connectivity index (χ1v) is 7.39. The van der Waals surface area contributed by atoms with Gasteiger partial charge in [-0.05, 0) is 55.4 Å². The summed E-state index contributed by atoms with van der Waals surface area (Å²) < 4.78 is 0. The molecule has 1 aliphatic heterocycles. The quantitative estimate of drug-likeness (QED) is 0.917. The average molecular weight is 283 g/mol. The third-order valence-corrected chi connectivity index (χ3v) is 4.16. The Kier molecular flexibility index (Phi) is 3.73. The first-order valence-electron chi connectivity index (χ1n) is 7.39. The molecule has 110 valence electrons. The standard InChI is InChI=1S/C16H21N5/c1-11-8-19-16(20-9-11)21-5-3-13(4-6-21)14-10-18-15(17)7-12(14)2/h7-10,13H,3-6H2,1-2H3,(H2,17,18). The number of piperidine rings is 1. The first kappa shape index (κ1) is 13.8. The number of nitrogens with zero attached hydrogens (tertiary/aromatic N) is 4. The normalized spacial score (nSPS) is 16.2. The SMILES string of the molecule is Cc1cnc(N2CCC(c3cnc(N)cc3C)CC2)nc1. The van der Waals surface area contributed by atoms with Gasteiger partial charge in [-0.2, -0.15) is 0 Å². The second kappa shape index (κ2) is 5.68. The van der Waals surface area contributed by atoms with Crippen LogP contribution in [0.15, 0.2) is 24.7 Å². The maximum absolute atomic E-state index is 5.73. The molecular weight excluding hydrogens is 262 g/mol. The molecule has 1 aliphatic rings. The van der Waals surface area contributed by atoms with Crippen LogP contribution >= 0.6 is 0 Å². The highest BCUT2D eigenvalue weighted by Gasteiger charge is 2.23. The van der Waals surface area contributed by atoms with Crippen molar-refractivity contribution in [3.8, 4) is 0 Å². The molecule has 0 unspecified atom stereocenters. The van der Waals surface area contributed by atoms with E-state index in [9.17, 15) is 0 Å². The van der Waals surface area contributed by atoms with Crippen LogP contribution in [0.4, 0.5) is 11.8 Å². The molecule has 0 spiro atoms. The minimum Gasteiger partial charge on any atom is -0.384 e. The van der Waals surface area contributed by atoms with Crippen molar-refractivity contribution in [3.05, 3.63) is 41.3 Å². The molecular formula is C16H21N5. The number of aromatic nitrogens is 3. The molecule has 0 saturated carbocycles. The number of hydrogen-bond donors (Lipinski definition) is 1. The van der Waals surface area contributed by atoms with E-state index in [4.69, 9.17) is 5.73 Å². The van der Waals surface area contributed by atoms with E-state index in [2.05, 4.69) is 26.8 Å². The summed E-state index contributed by atoms with van der Waals surface area (Å²) in [6.45, 7) is 6.09. The summed E-state index contributed by atoms with van der Waals surface area (Å²) in [5.74, 6) is 1.99. The van der Waals surface area contributed by atoms with Gasteiger partial charge in [-0.25, -0.2) is 15.0 Å². The lowest BCUT2D eigenvalue weighted by Crippen LogP contribution is -2.34. The molecule has 0 aliphatic carbocycles. The van der Waals surface area contributed by atoms with E-state index < -0.39 is 0 Å². The van der Waals surface area contributed by atoms with E-state index in [1.54, 1.807) is 0 Å². The monoisotopic (exact) mass is 283 g/mol. The van der Waals surface area contributed by atoms with Gasteiger partial charge in [-0.15, -0.1) is 0 Å². The van der Waals surface area contributed by atoms with Gasteiger partial charge in [0.25, 0.3) is 0 Å². The second-order valence-electron chi connectivity index (χ2n) is 5.79. The van der Waals surface area contributed by atoms with Gasteiger partial charge in [0, 0.05) is 31.7 Å². The highest BCUT2D eigenvalue weighted by atomic mass is 15.2. The molecule has 2 aromatic rings. The van der Waals surface area contributed by atoms with Crippen LogP contribution in [0.25, 0.3) is 0 Å². The van der Waals surface area contributed by atoms with Crippen LogP contribution in [0, 0.1) is 13.8 Å². The molecule has 0 aromatic carbocycles. The number of pyridine rings is 1. The second-order valence-corrected chi connectivity index (χ2v) is 5.79. The predicted molar refractivity (Wildman–Crippen MR) is 84.3 cm³/mol. The van der Waals surface area contributed by atoms with Crippen molar-refractivity contribution in [1.29, 1.82) is 0 Å². The number of rotatable bonds is 2. The number of anilines is 2. The minimum absolute atomic E-state index is 0.555. The van der Waals surface area contributed by atoms with Crippen LogP contribution < -0.4 is 10.6 Å². The molecule has 3 heterocycles. The lowest BCUT2D eigenvalue weighted by molar-refractivity contribution is 0.497. The summed E-state index contributed by atoms with van der Waals surface area (Å²) in [6.07, 6.45) is 7.89. The Morgan fingerprint density at radius 1 is 1.05 bits per heavy atom. The van der Waals surface area contributed by atoms with Crippen LogP contribution in [-0.4, -0.2) is 28.0 Å². The molecule has 0 bridgehead atoms. The summed E-state index contributed by atoms with van der Waals surface area (Å²) in [7, 11) is 0. The highest BCUT2D eigenvalue weighted by molar-refractivity contribution is 5.39. The fourth-order valence-corrected chi connectivity index (χ4v) is 2.96. The molecule has 3 rings (SSSR count). The van der Waals surface area contributed by atoms with Crippen LogP contribution in [0.2, 0.25) is 0 Å². The zero-order valence-corrected chi connectivity index (χ0v) is 12.6. The van der Waals surface area contributed by atoms with Crippen molar-refractivity contribution in [1.82, 2.24) is 15.0 Å². The average Bonchev–Trinajstić information content (AvgIpc) is 2.48. The van der Waals surface area contributed by atoms with Crippen LogP contribution in [0.1, 0.15) is 35.4 Å². The summed E-state index contributed by atoms with van der Waals surface area (Å²) in [4.78, 5) is 15.3. The fourth-order valence-electron chi connectivity index (χ4n) is 2.96. The van der Waals surface area contributed by atoms with Gasteiger partial charge in [-0.3, -0.25) is 0 Å². The molecule has 21 heavy (non-hydrogen) atoms. The maximum atomic E-state index is 5.73. The van der Waals surface area contributed by atoms with Gasteiger partial charge in [-0.1, -0.05) is 0 Å². The lowest BCUT2D eigenvalue weighted by atomic mass is 9.88. The molecule has 0 atom stereocenters. The highest BCUT2D eigenvalue weighted by Crippen LogP contribution is 2.31. The minimum atomic E-state index is 0.555. The summed E-state index contributed by atoms with van der Waals surface area (Å²) in [5.41, 5.74) is 9.40. The van der Waals surface area contributed by atoms with Crippen molar-refractivity contribution in [2.45, 2.75) is 32.6 Å². The Hall–Kier alpha value is -2.17. The first-order chi connectivity index (χ1) is 10.1. The predicted octanol–water partition coefficient (Wildman–Crippen LogP) is 2.45. The fraction of sp³-hybridized carbons (Fsp3) is 0.438. The zero-order chi connectivity index (χ0) is 14.8. The van der Waals surface area contributed by atoms with E-state index in [0.717, 1.165) is 37.4 Å². The van der Waals surface area contributed by atoms with Crippen molar-refractivity contribution < 1.29 is 0 Å². The molecule has 2 N–H and O–H groups in total. The lowest BCUT2D eigenvalue weighted by Gasteiger charge is -2.32. The molecule has 5 nitrogen and oxygen atoms in total. The molecule has 1 saturated heterocycles. The summed E-state index contributed by atoms with van der Waals surface area (Å²) >= 11 is 0. The Bertz CT molecular complexity index is 615. The summed E-state index contributed by atoms with van der Waals surface area (Å²) in [5, 5.41) is 0. The smallest absolute Gasteiger partial charge is 0.225 e. The topological polar surface area (TPSA) is 67.9 Å². The Morgan fingerprint density at radius 2 is 1.71 bits per heavy atom. The molecule has 5 heteroatoms. The van der Waals surface area contributed by atoms with E-state index in [0.29, 0.717) is 11.7 Å². The third-order valence-electron chi connectivity index (χ3n) is 4.16. The Labute approximate surface area is 125 Å². The van der Waals surface area contributed by atoms with E-state index in [1.807, 2.05) is 31.6 Å². The van der Waals surface area contributed by atoms with Crippen molar-refractivity contribution >= 4 is 11.8 Å². The van der Waals surface area contributed by atoms with E-state index >= 15 is 0 Å². The zero-order valence-electron chi connectivity index (χ0n) is 12.6. The van der Waals surface area contributed by atoms with Gasteiger partial charge in [0.15, 0.2) is 0 Å². The third kappa shape index (κ3) is 2.96. The van der Waals surface area contributed by atoms with Gasteiger partial charge in [0.05, 0.1) is 0 Å². The largest absolute Gasteiger partial charge is 0.384 e. The molecule has 2 aromatic heterocycles. The molecule has 0 amide bonds. The van der Waals surface area contributed by atoms with Gasteiger partial charge in [0.2, 0.25) is 5.95 Å². The number of hydrogen-bond acceptors (Lipinski definition) is 5. The van der Waals surface area contributed by atoms with E-state index in [-0.39, 0.29) is 0 Å². The van der Waals surface area contributed by atoms with Gasteiger partial charge in [0.1, 0.15) is 5.82 Å². The number of aryl methyl sites for hydroxylation is 2. The molecule has 1 fully saturated rings. The van der Waals surface area contributed by atoms with Crippen LogP contribution in [-0.2, 0) is 0 Å². The van der Waals surface area contributed by atoms with Crippen LogP contribution in [0.3, 0.4) is 0 Å². The maximum Gasteiger partial charge on any atom is 0.225 e. The van der Waals surface area contributed by atoms with Gasteiger partial charge >= 0.3 is 0 Å². The van der Waals surface area contributed by atoms with Gasteiger partial charge < -0.3 is 10.6 Å². The van der Waals surface area contributed by atoms with E-state index in [1.165, 1.54) is 11.1 Å². The molecule has 0 radical (unpaired) electrons. The number of nitrogen functional groups attached to an aromatic ring is 1. The van der Waals surface area contributed by atoms with Crippen molar-refractivity contribution in [2.24, 2.45) is 0 Å². The summed E-state index contributed by atoms with van der Waals surface area (Å²) in [6, 6.07) is 1.96. The number of nitrogens with two attached hydrogens (primary N) is 1.